The van der Waals surface area contributed by atoms with Crippen LogP contribution in [0.15, 0.2) is 16.9 Å². The molecule has 0 fully saturated rings. The minimum Gasteiger partial charge on any atom is -0.306 e. The SMILES string of the molecule is CC(=O)c1c(C)c2ccc(C)nc2[nH]c1=O. The molecule has 0 unspecified atom stereocenters. The minimum absolute atomic E-state index is 0.221. The Kier molecular flexibility index (Phi) is 2.34. The lowest BCUT2D eigenvalue weighted by molar-refractivity contribution is 0.101. The first kappa shape index (κ1) is 10.5. The molecule has 82 valence electrons. The summed E-state index contributed by atoms with van der Waals surface area (Å²) < 4.78 is 0. The van der Waals surface area contributed by atoms with Crippen molar-refractivity contribution in [3.05, 3.63) is 39.3 Å². The number of hydrogen-bond acceptors (Lipinski definition) is 3. The second-order valence-corrected chi connectivity index (χ2v) is 3.86. The second kappa shape index (κ2) is 3.56. The number of fused-ring (bicyclic) bond motifs is 1. The van der Waals surface area contributed by atoms with Crippen molar-refractivity contribution in [2.24, 2.45) is 0 Å². The fraction of sp³-hybridized carbons (Fsp3) is 0.250. The lowest BCUT2D eigenvalue weighted by Crippen LogP contribution is -2.18. The molecule has 0 atom stereocenters. The van der Waals surface area contributed by atoms with E-state index in [4.69, 9.17) is 0 Å². The molecule has 0 amide bonds. The predicted molar refractivity (Wildman–Crippen MR) is 61.8 cm³/mol. The lowest BCUT2D eigenvalue weighted by atomic mass is 10.0. The molecule has 2 aromatic rings. The molecule has 0 aliphatic rings. The lowest BCUT2D eigenvalue weighted by Gasteiger charge is -2.05. The molecular weight excluding hydrogens is 204 g/mol. The Bertz CT molecular complexity index is 641. The molecule has 0 aliphatic carbocycles. The molecule has 2 heterocycles. The number of carbonyl (C=O) groups is 1. The van der Waals surface area contributed by atoms with Gasteiger partial charge in [-0.3, -0.25) is 9.59 Å². The number of carbonyl (C=O) groups excluding carboxylic acids is 1. The van der Waals surface area contributed by atoms with Crippen molar-refractivity contribution in [3.63, 3.8) is 0 Å². The first-order valence-electron chi connectivity index (χ1n) is 5.02. The highest BCUT2D eigenvalue weighted by Gasteiger charge is 2.13. The molecule has 0 spiro atoms. The van der Waals surface area contributed by atoms with E-state index in [9.17, 15) is 9.59 Å². The molecule has 4 nitrogen and oxygen atoms in total. The molecule has 0 aliphatic heterocycles. The molecule has 0 saturated carbocycles. The molecule has 0 aromatic carbocycles. The van der Waals surface area contributed by atoms with Crippen LogP contribution in [-0.2, 0) is 0 Å². The van der Waals surface area contributed by atoms with Crippen molar-refractivity contribution in [3.8, 4) is 0 Å². The summed E-state index contributed by atoms with van der Waals surface area (Å²) >= 11 is 0. The first-order valence-corrected chi connectivity index (χ1v) is 5.02. The zero-order valence-electron chi connectivity index (χ0n) is 9.42. The molecule has 4 heteroatoms. The molecule has 2 rings (SSSR count). The number of aromatic amines is 1. The van der Waals surface area contributed by atoms with Gasteiger partial charge in [0.05, 0.1) is 5.56 Å². The molecule has 0 bridgehead atoms. The van der Waals surface area contributed by atoms with Crippen molar-refractivity contribution in [2.45, 2.75) is 20.8 Å². The van der Waals surface area contributed by atoms with Crippen LogP contribution in [0.1, 0.15) is 28.5 Å². The Morgan fingerprint density at radius 3 is 2.62 bits per heavy atom. The summed E-state index contributed by atoms with van der Waals surface area (Å²) in [5.74, 6) is -0.221. The minimum atomic E-state index is -0.365. The van der Waals surface area contributed by atoms with E-state index in [0.717, 1.165) is 11.1 Å². The van der Waals surface area contributed by atoms with Gasteiger partial charge in [0.2, 0.25) is 0 Å². The van der Waals surface area contributed by atoms with Crippen molar-refractivity contribution in [1.82, 2.24) is 9.97 Å². The normalized spacial score (nSPS) is 10.7. The fourth-order valence-corrected chi connectivity index (χ4v) is 1.85. The van der Waals surface area contributed by atoms with E-state index < -0.39 is 0 Å². The van der Waals surface area contributed by atoms with Gasteiger partial charge in [-0.05, 0) is 38.5 Å². The Morgan fingerprint density at radius 2 is 2.00 bits per heavy atom. The average molecular weight is 216 g/mol. The van der Waals surface area contributed by atoms with Crippen LogP contribution in [0.25, 0.3) is 11.0 Å². The Morgan fingerprint density at radius 1 is 1.31 bits per heavy atom. The number of nitrogens with zero attached hydrogens (tertiary/aromatic N) is 1. The highest BCUT2D eigenvalue weighted by Crippen LogP contribution is 2.16. The summed E-state index contributed by atoms with van der Waals surface area (Å²) in [7, 11) is 0. The van der Waals surface area contributed by atoms with E-state index in [2.05, 4.69) is 9.97 Å². The third kappa shape index (κ3) is 1.52. The van der Waals surface area contributed by atoms with Crippen LogP contribution in [0.5, 0.6) is 0 Å². The predicted octanol–water partition coefficient (Wildman–Crippen LogP) is 1.74. The largest absolute Gasteiger partial charge is 0.306 e. The maximum atomic E-state index is 11.7. The van der Waals surface area contributed by atoms with Crippen LogP contribution in [0.3, 0.4) is 0 Å². The smallest absolute Gasteiger partial charge is 0.260 e. The summed E-state index contributed by atoms with van der Waals surface area (Å²) in [6.07, 6.45) is 0. The number of nitrogens with one attached hydrogen (secondary N) is 1. The van der Waals surface area contributed by atoms with Gasteiger partial charge in [-0.1, -0.05) is 0 Å². The standard InChI is InChI=1S/C12H12N2O2/c1-6-4-5-9-7(2)10(8(3)15)12(16)14-11(9)13-6/h4-5H,1-3H3,(H,13,14,16). The first-order chi connectivity index (χ1) is 7.50. The van der Waals surface area contributed by atoms with E-state index in [0.29, 0.717) is 11.2 Å². The van der Waals surface area contributed by atoms with Crippen LogP contribution in [0.2, 0.25) is 0 Å². The van der Waals surface area contributed by atoms with E-state index in [1.807, 2.05) is 19.1 Å². The highest BCUT2D eigenvalue weighted by molar-refractivity contribution is 5.99. The number of Topliss-reactive ketones (excluding diaryl/α,β-unsaturated/α-hetero) is 1. The van der Waals surface area contributed by atoms with E-state index in [1.165, 1.54) is 6.92 Å². The van der Waals surface area contributed by atoms with Gasteiger partial charge in [-0.2, -0.15) is 0 Å². The van der Waals surface area contributed by atoms with Crippen molar-refractivity contribution < 1.29 is 4.79 Å². The Labute approximate surface area is 92.3 Å². The summed E-state index contributed by atoms with van der Waals surface area (Å²) in [5.41, 5.74) is 1.91. The number of aryl methyl sites for hydroxylation is 2. The highest BCUT2D eigenvalue weighted by atomic mass is 16.1. The second-order valence-electron chi connectivity index (χ2n) is 3.86. The number of pyridine rings is 2. The maximum Gasteiger partial charge on any atom is 0.260 e. The van der Waals surface area contributed by atoms with Crippen LogP contribution >= 0.6 is 0 Å². The topological polar surface area (TPSA) is 62.8 Å². The van der Waals surface area contributed by atoms with Crippen molar-refractivity contribution in [1.29, 1.82) is 0 Å². The summed E-state index contributed by atoms with van der Waals surface area (Å²) in [6, 6.07) is 3.73. The van der Waals surface area contributed by atoms with Gasteiger partial charge in [-0.25, -0.2) is 4.98 Å². The van der Waals surface area contributed by atoms with Gasteiger partial charge < -0.3 is 4.98 Å². The quantitative estimate of drug-likeness (QED) is 0.738. The van der Waals surface area contributed by atoms with Crippen molar-refractivity contribution in [2.75, 3.05) is 0 Å². The number of aromatic nitrogens is 2. The third-order valence-electron chi connectivity index (χ3n) is 2.62. The molecular formula is C12H12N2O2. The van der Waals surface area contributed by atoms with E-state index in [-0.39, 0.29) is 16.9 Å². The van der Waals surface area contributed by atoms with E-state index in [1.54, 1.807) is 6.92 Å². The van der Waals surface area contributed by atoms with Crippen LogP contribution in [-0.4, -0.2) is 15.8 Å². The molecule has 1 N–H and O–H groups in total. The zero-order chi connectivity index (χ0) is 11.9. The number of H-pyrrole nitrogens is 1. The van der Waals surface area contributed by atoms with Gasteiger partial charge in [0, 0.05) is 11.1 Å². The molecule has 16 heavy (non-hydrogen) atoms. The Balaban J connectivity index is 2.94. The Hall–Kier alpha value is -1.97. The van der Waals surface area contributed by atoms with Gasteiger partial charge >= 0.3 is 0 Å². The van der Waals surface area contributed by atoms with Gasteiger partial charge in [0.1, 0.15) is 5.65 Å². The van der Waals surface area contributed by atoms with Gasteiger partial charge in [0.15, 0.2) is 5.78 Å². The van der Waals surface area contributed by atoms with Crippen LogP contribution in [0, 0.1) is 13.8 Å². The van der Waals surface area contributed by atoms with Crippen LogP contribution in [0.4, 0.5) is 0 Å². The summed E-state index contributed by atoms with van der Waals surface area (Å²) in [5, 5.41) is 0.815. The number of ketones is 1. The average Bonchev–Trinajstić information content (AvgIpc) is 2.15. The maximum absolute atomic E-state index is 11.7. The summed E-state index contributed by atoms with van der Waals surface area (Å²) in [6.45, 7) is 5.02. The molecule has 2 aromatic heterocycles. The number of rotatable bonds is 1. The van der Waals surface area contributed by atoms with E-state index >= 15 is 0 Å². The van der Waals surface area contributed by atoms with Gasteiger partial charge in [0.25, 0.3) is 5.56 Å². The third-order valence-corrected chi connectivity index (χ3v) is 2.62. The number of hydrogen-bond donors (Lipinski definition) is 1. The zero-order valence-corrected chi connectivity index (χ0v) is 9.42. The fourth-order valence-electron chi connectivity index (χ4n) is 1.85. The van der Waals surface area contributed by atoms with Crippen molar-refractivity contribution >= 4 is 16.8 Å². The van der Waals surface area contributed by atoms with Gasteiger partial charge in [-0.15, -0.1) is 0 Å². The summed E-state index contributed by atoms with van der Waals surface area (Å²) in [4.78, 5) is 29.9. The molecule has 0 radical (unpaired) electrons. The molecule has 0 saturated heterocycles. The van der Waals surface area contributed by atoms with Crippen LogP contribution < -0.4 is 5.56 Å². The monoisotopic (exact) mass is 216 g/mol.